The number of carbonyl (C=O) groups is 3. The third-order valence-electron chi connectivity index (χ3n) is 6.72. The Balaban J connectivity index is 1.65. The predicted molar refractivity (Wildman–Crippen MR) is 118 cm³/mol. The molecule has 7 nitrogen and oxygen atoms in total. The van der Waals surface area contributed by atoms with E-state index >= 15 is 0 Å². The molecule has 4 amide bonds. The van der Waals surface area contributed by atoms with Gasteiger partial charge in [-0.15, -0.1) is 0 Å². The first-order valence-corrected chi connectivity index (χ1v) is 10.9. The summed E-state index contributed by atoms with van der Waals surface area (Å²) in [5.74, 6) is -0.926. The topological polar surface area (TPSA) is 93.5 Å². The van der Waals surface area contributed by atoms with Gasteiger partial charge in [0.1, 0.15) is 12.1 Å². The monoisotopic (exact) mass is 430 g/mol. The van der Waals surface area contributed by atoms with Crippen LogP contribution in [0.2, 0.25) is 0 Å². The molecule has 0 atom stereocenters. The Kier molecular flexibility index (Phi) is 5.70. The molecule has 0 radical (unpaired) electrons. The quantitative estimate of drug-likeness (QED) is 0.738. The lowest BCUT2D eigenvalue weighted by Crippen LogP contribution is -2.53. The van der Waals surface area contributed by atoms with Crippen molar-refractivity contribution >= 4 is 17.8 Å². The number of nitriles is 1. The number of hydrogen-bond donors (Lipinski definition) is 1. The highest BCUT2D eigenvalue weighted by Crippen LogP contribution is 2.37. The number of likely N-dealkylation sites (N-methyl/N-ethyl adjacent to an activating group) is 1. The van der Waals surface area contributed by atoms with Crippen LogP contribution in [-0.4, -0.2) is 46.8 Å². The molecule has 1 aliphatic carbocycles. The minimum absolute atomic E-state index is 0.411. The Labute approximate surface area is 187 Å². The van der Waals surface area contributed by atoms with E-state index in [0.29, 0.717) is 24.0 Å². The maximum absolute atomic E-state index is 13.7. The van der Waals surface area contributed by atoms with Crippen molar-refractivity contribution in [1.82, 2.24) is 15.1 Å². The molecule has 0 spiro atoms. The predicted octanol–water partition coefficient (Wildman–Crippen LogP) is 3.17. The number of rotatable bonds is 5. The zero-order valence-corrected chi connectivity index (χ0v) is 18.1. The summed E-state index contributed by atoms with van der Waals surface area (Å²) in [7, 11) is 1.59. The number of hydrogen-bond acceptors (Lipinski definition) is 4. The molecule has 7 heteroatoms. The zero-order valence-electron chi connectivity index (χ0n) is 18.1. The highest BCUT2D eigenvalue weighted by molar-refractivity contribution is 6.11. The van der Waals surface area contributed by atoms with Crippen molar-refractivity contribution in [3.63, 3.8) is 0 Å². The Morgan fingerprint density at radius 1 is 1.00 bits per heavy atom. The number of nitrogens with zero attached hydrogens (tertiary/aromatic N) is 3. The van der Waals surface area contributed by atoms with Gasteiger partial charge in [-0.1, -0.05) is 79.9 Å². The average molecular weight is 431 g/mol. The molecule has 0 aromatic heterocycles. The largest absolute Gasteiger partial charge is 0.326 e. The number of nitrogens with one attached hydrogen (secondary N) is 1. The summed E-state index contributed by atoms with van der Waals surface area (Å²) in [6.07, 6.45) is 3.99. The van der Waals surface area contributed by atoms with Gasteiger partial charge in [-0.2, -0.15) is 5.26 Å². The van der Waals surface area contributed by atoms with E-state index < -0.39 is 35.5 Å². The van der Waals surface area contributed by atoms with Gasteiger partial charge in [0.15, 0.2) is 5.54 Å². The summed E-state index contributed by atoms with van der Waals surface area (Å²) < 4.78 is 0. The van der Waals surface area contributed by atoms with Crippen LogP contribution in [-0.2, 0) is 15.1 Å². The van der Waals surface area contributed by atoms with E-state index in [-0.39, 0.29) is 0 Å². The molecule has 1 saturated heterocycles. The fraction of sp³-hybridized carbons (Fsp3) is 0.360. The molecule has 164 valence electrons. The normalized spacial score (nSPS) is 19.2. The summed E-state index contributed by atoms with van der Waals surface area (Å²) in [4.78, 5) is 42.3. The third-order valence-corrected chi connectivity index (χ3v) is 6.72. The number of benzene rings is 2. The van der Waals surface area contributed by atoms with Crippen molar-refractivity contribution in [2.24, 2.45) is 0 Å². The van der Waals surface area contributed by atoms with Gasteiger partial charge >= 0.3 is 6.03 Å². The van der Waals surface area contributed by atoms with Gasteiger partial charge in [0.05, 0.1) is 6.07 Å². The first-order valence-electron chi connectivity index (χ1n) is 10.9. The van der Waals surface area contributed by atoms with E-state index in [1.165, 1.54) is 4.90 Å². The summed E-state index contributed by atoms with van der Waals surface area (Å²) in [6, 6.07) is 19.7. The molecular formula is C25H26N4O3. The van der Waals surface area contributed by atoms with E-state index in [1.54, 1.807) is 55.6 Å². The van der Waals surface area contributed by atoms with Crippen molar-refractivity contribution in [2.75, 3.05) is 13.6 Å². The molecule has 2 aromatic carbocycles. The van der Waals surface area contributed by atoms with Crippen LogP contribution in [0.15, 0.2) is 60.7 Å². The highest BCUT2D eigenvalue weighted by atomic mass is 16.2. The van der Waals surface area contributed by atoms with Crippen molar-refractivity contribution in [3.05, 3.63) is 71.8 Å². The van der Waals surface area contributed by atoms with Gasteiger partial charge in [0.2, 0.25) is 5.91 Å². The maximum atomic E-state index is 13.7. The van der Waals surface area contributed by atoms with Crippen LogP contribution < -0.4 is 5.32 Å². The summed E-state index contributed by atoms with van der Waals surface area (Å²) in [5.41, 5.74) is -1.05. The van der Waals surface area contributed by atoms with E-state index in [2.05, 4.69) is 11.4 Å². The minimum atomic E-state index is -1.41. The van der Waals surface area contributed by atoms with Crippen LogP contribution in [0.5, 0.6) is 0 Å². The molecule has 2 aliphatic rings. The number of urea groups is 1. The molecule has 0 bridgehead atoms. The standard InChI is InChI=1S/C25H26N4O3/c1-28(24(18-26)15-9-4-10-16-24)21(30)17-29-22(31)25(27-23(29)32,19-11-5-2-6-12-19)20-13-7-3-8-14-20/h2-3,5-8,11-14H,4,9-10,15-17H2,1H3,(H,27,32). The average Bonchev–Trinajstić information content (AvgIpc) is 3.10. The second-order valence-electron chi connectivity index (χ2n) is 8.46. The first kappa shape index (κ1) is 21.6. The van der Waals surface area contributed by atoms with Gasteiger partial charge in [-0.25, -0.2) is 4.79 Å². The molecule has 4 rings (SSSR count). The number of amides is 4. The lowest BCUT2D eigenvalue weighted by atomic mass is 9.81. The fourth-order valence-electron chi connectivity index (χ4n) is 4.79. The van der Waals surface area contributed by atoms with Gasteiger partial charge in [0.25, 0.3) is 5.91 Å². The summed E-state index contributed by atoms with van der Waals surface area (Å²) >= 11 is 0. The second-order valence-corrected chi connectivity index (χ2v) is 8.46. The smallest absolute Gasteiger partial charge is 0.325 e. The highest BCUT2D eigenvalue weighted by Gasteiger charge is 2.54. The van der Waals surface area contributed by atoms with Crippen LogP contribution in [0.1, 0.15) is 43.2 Å². The van der Waals surface area contributed by atoms with E-state index in [4.69, 9.17) is 0 Å². The van der Waals surface area contributed by atoms with Crippen molar-refractivity contribution in [1.29, 1.82) is 5.26 Å². The lowest BCUT2D eigenvalue weighted by Gasteiger charge is -2.39. The van der Waals surface area contributed by atoms with Crippen LogP contribution in [0, 0.1) is 11.3 Å². The molecule has 1 N–H and O–H groups in total. The van der Waals surface area contributed by atoms with Crippen LogP contribution in [0.25, 0.3) is 0 Å². The van der Waals surface area contributed by atoms with Gasteiger partial charge in [0, 0.05) is 7.05 Å². The van der Waals surface area contributed by atoms with E-state index in [1.807, 2.05) is 12.1 Å². The SMILES string of the molecule is CN(C(=O)CN1C(=O)NC(c2ccccc2)(c2ccccc2)C1=O)C1(C#N)CCCCC1. The Bertz CT molecular complexity index is 1020. The summed E-state index contributed by atoms with van der Waals surface area (Å²) in [5, 5.41) is 12.7. The third kappa shape index (κ3) is 3.42. The number of imide groups is 1. The Morgan fingerprint density at radius 3 is 2.03 bits per heavy atom. The molecule has 2 fully saturated rings. The van der Waals surface area contributed by atoms with Crippen molar-refractivity contribution < 1.29 is 14.4 Å². The molecule has 1 aliphatic heterocycles. The van der Waals surface area contributed by atoms with Crippen LogP contribution in [0.4, 0.5) is 4.79 Å². The molecule has 32 heavy (non-hydrogen) atoms. The van der Waals surface area contributed by atoms with E-state index in [9.17, 15) is 19.6 Å². The zero-order chi connectivity index (χ0) is 22.8. The van der Waals surface area contributed by atoms with Crippen molar-refractivity contribution in [3.8, 4) is 6.07 Å². The molecule has 1 heterocycles. The van der Waals surface area contributed by atoms with E-state index in [0.717, 1.165) is 24.2 Å². The molecule has 1 saturated carbocycles. The van der Waals surface area contributed by atoms with Crippen LogP contribution >= 0.6 is 0 Å². The maximum Gasteiger partial charge on any atom is 0.326 e. The first-order chi connectivity index (χ1) is 15.4. The van der Waals surface area contributed by atoms with Crippen molar-refractivity contribution in [2.45, 2.75) is 43.2 Å². The Morgan fingerprint density at radius 2 is 1.53 bits per heavy atom. The molecular weight excluding hydrogens is 404 g/mol. The fourth-order valence-corrected chi connectivity index (χ4v) is 4.79. The number of carbonyl (C=O) groups excluding carboxylic acids is 3. The van der Waals surface area contributed by atoms with Gasteiger partial charge in [-0.05, 0) is 24.0 Å². The second kappa shape index (κ2) is 8.46. The molecule has 0 unspecified atom stereocenters. The minimum Gasteiger partial charge on any atom is -0.325 e. The molecule has 2 aromatic rings. The summed E-state index contributed by atoms with van der Waals surface area (Å²) in [6.45, 7) is -0.411. The lowest BCUT2D eigenvalue weighted by molar-refractivity contribution is -0.140. The van der Waals surface area contributed by atoms with Gasteiger partial charge < -0.3 is 10.2 Å². The van der Waals surface area contributed by atoms with Crippen LogP contribution in [0.3, 0.4) is 0 Å². The Hall–Kier alpha value is -3.66. The van der Waals surface area contributed by atoms with Gasteiger partial charge in [-0.3, -0.25) is 14.5 Å².